The van der Waals surface area contributed by atoms with E-state index in [1.807, 2.05) is 6.92 Å². The van der Waals surface area contributed by atoms with Gasteiger partial charge in [0, 0.05) is 12.6 Å². The van der Waals surface area contributed by atoms with Crippen molar-refractivity contribution in [2.75, 3.05) is 11.9 Å². The quantitative estimate of drug-likeness (QED) is 0.736. The first-order valence-corrected chi connectivity index (χ1v) is 4.84. The third kappa shape index (κ3) is 2.42. The molecule has 1 aromatic heterocycles. The van der Waals surface area contributed by atoms with Crippen molar-refractivity contribution in [3.63, 3.8) is 0 Å². The standard InChI is InChI=1S/C7H14N4S/c1-3-6(4-8)9-7-11-10-5(2)12-7/h6H,3-4,8H2,1-2H3,(H,9,11). The molecule has 0 saturated heterocycles. The molecule has 0 amide bonds. The summed E-state index contributed by atoms with van der Waals surface area (Å²) in [5.74, 6) is 0. The van der Waals surface area contributed by atoms with Gasteiger partial charge in [-0.15, -0.1) is 10.2 Å². The van der Waals surface area contributed by atoms with Gasteiger partial charge in [-0.1, -0.05) is 18.3 Å². The Hall–Kier alpha value is -0.680. The minimum absolute atomic E-state index is 0.317. The molecule has 0 fully saturated rings. The Balaban J connectivity index is 2.50. The first-order chi connectivity index (χ1) is 5.76. The molecule has 0 aliphatic rings. The molecule has 1 atom stereocenters. The molecule has 1 rings (SSSR count). The summed E-state index contributed by atoms with van der Waals surface area (Å²) in [6.45, 7) is 4.67. The molecule has 1 aromatic rings. The van der Waals surface area contributed by atoms with E-state index in [0.29, 0.717) is 12.6 Å². The van der Waals surface area contributed by atoms with Gasteiger partial charge in [0.1, 0.15) is 5.01 Å². The largest absolute Gasteiger partial charge is 0.356 e. The number of aryl methyl sites for hydroxylation is 1. The summed E-state index contributed by atoms with van der Waals surface area (Å²) in [5, 5.41) is 12.9. The van der Waals surface area contributed by atoms with Crippen molar-refractivity contribution in [1.29, 1.82) is 0 Å². The lowest BCUT2D eigenvalue weighted by Crippen LogP contribution is -2.27. The number of anilines is 1. The normalized spacial score (nSPS) is 12.9. The highest BCUT2D eigenvalue weighted by Crippen LogP contribution is 2.14. The van der Waals surface area contributed by atoms with Crippen LogP contribution in [0.4, 0.5) is 5.13 Å². The Kier molecular flexibility index (Phi) is 3.43. The fourth-order valence-corrected chi connectivity index (χ4v) is 1.53. The SMILES string of the molecule is CCC(CN)Nc1nnc(C)s1. The highest BCUT2D eigenvalue weighted by atomic mass is 32.1. The van der Waals surface area contributed by atoms with Crippen LogP contribution in [-0.4, -0.2) is 22.8 Å². The number of aromatic nitrogens is 2. The van der Waals surface area contributed by atoms with Crippen molar-refractivity contribution >= 4 is 16.5 Å². The molecular weight excluding hydrogens is 172 g/mol. The summed E-state index contributed by atoms with van der Waals surface area (Å²) in [6.07, 6.45) is 1.01. The van der Waals surface area contributed by atoms with E-state index in [1.54, 1.807) is 11.3 Å². The average molecular weight is 186 g/mol. The fraction of sp³-hybridized carbons (Fsp3) is 0.714. The molecule has 0 aromatic carbocycles. The summed E-state index contributed by atoms with van der Waals surface area (Å²) in [6, 6.07) is 0.317. The predicted molar refractivity (Wildman–Crippen MR) is 51.4 cm³/mol. The summed E-state index contributed by atoms with van der Waals surface area (Å²) in [5.41, 5.74) is 5.53. The van der Waals surface area contributed by atoms with Gasteiger partial charge in [0.2, 0.25) is 5.13 Å². The van der Waals surface area contributed by atoms with E-state index in [2.05, 4.69) is 22.4 Å². The number of nitrogens with one attached hydrogen (secondary N) is 1. The fourth-order valence-electron chi connectivity index (χ4n) is 0.857. The third-order valence-corrected chi connectivity index (χ3v) is 2.40. The Labute approximate surface area is 76.2 Å². The van der Waals surface area contributed by atoms with Gasteiger partial charge in [0.15, 0.2) is 0 Å². The van der Waals surface area contributed by atoms with Crippen LogP contribution in [0.1, 0.15) is 18.4 Å². The van der Waals surface area contributed by atoms with E-state index >= 15 is 0 Å². The van der Waals surface area contributed by atoms with Crippen LogP contribution >= 0.6 is 11.3 Å². The Morgan fingerprint density at radius 3 is 2.75 bits per heavy atom. The zero-order chi connectivity index (χ0) is 8.97. The zero-order valence-electron chi connectivity index (χ0n) is 7.37. The molecule has 4 nitrogen and oxygen atoms in total. The van der Waals surface area contributed by atoms with Crippen molar-refractivity contribution in [2.45, 2.75) is 26.3 Å². The minimum atomic E-state index is 0.317. The minimum Gasteiger partial charge on any atom is -0.356 e. The topological polar surface area (TPSA) is 63.8 Å². The molecule has 1 heterocycles. The first kappa shape index (κ1) is 9.41. The van der Waals surface area contributed by atoms with Crippen molar-refractivity contribution in [3.05, 3.63) is 5.01 Å². The maximum Gasteiger partial charge on any atom is 0.205 e. The highest BCUT2D eigenvalue weighted by Gasteiger charge is 2.05. The van der Waals surface area contributed by atoms with Crippen LogP contribution in [0.2, 0.25) is 0 Å². The van der Waals surface area contributed by atoms with Crippen molar-refractivity contribution < 1.29 is 0 Å². The zero-order valence-corrected chi connectivity index (χ0v) is 8.19. The molecule has 1 unspecified atom stereocenters. The van der Waals surface area contributed by atoms with E-state index in [4.69, 9.17) is 5.73 Å². The molecule has 5 heteroatoms. The van der Waals surface area contributed by atoms with Crippen LogP contribution < -0.4 is 11.1 Å². The molecule has 0 spiro atoms. The molecular formula is C7H14N4S. The number of nitrogens with two attached hydrogens (primary N) is 1. The number of nitrogens with zero attached hydrogens (tertiary/aromatic N) is 2. The third-order valence-electron chi connectivity index (χ3n) is 1.63. The van der Waals surface area contributed by atoms with E-state index in [9.17, 15) is 0 Å². The van der Waals surface area contributed by atoms with Gasteiger partial charge in [-0.2, -0.15) is 0 Å². The molecule has 0 aliphatic heterocycles. The molecule has 12 heavy (non-hydrogen) atoms. The molecule has 68 valence electrons. The van der Waals surface area contributed by atoms with E-state index in [-0.39, 0.29) is 0 Å². The summed E-state index contributed by atoms with van der Waals surface area (Å²) >= 11 is 1.56. The second-order valence-electron chi connectivity index (χ2n) is 2.61. The lowest BCUT2D eigenvalue weighted by atomic mass is 10.2. The molecule has 0 radical (unpaired) electrons. The van der Waals surface area contributed by atoms with Crippen LogP contribution in [0.15, 0.2) is 0 Å². The van der Waals surface area contributed by atoms with Crippen LogP contribution in [0.5, 0.6) is 0 Å². The van der Waals surface area contributed by atoms with Gasteiger partial charge in [0.05, 0.1) is 0 Å². The maximum absolute atomic E-state index is 5.53. The highest BCUT2D eigenvalue weighted by molar-refractivity contribution is 7.15. The lowest BCUT2D eigenvalue weighted by Gasteiger charge is -2.11. The van der Waals surface area contributed by atoms with Gasteiger partial charge in [-0.25, -0.2) is 0 Å². The molecule has 0 bridgehead atoms. The lowest BCUT2D eigenvalue weighted by molar-refractivity contribution is 0.701. The Morgan fingerprint density at radius 1 is 1.58 bits per heavy atom. The van der Waals surface area contributed by atoms with Crippen molar-refractivity contribution in [2.24, 2.45) is 5.73 Å². The van der Waals surface area contributed by atoms with Gasteiger partial charge < -0.3 is 11.1 Å². The monoisotopic (exact) mass is 186 g/mol. The van der Waals surface area contributed by atoms with Gasteiger partial charge >= 0.3 is 0 Å². The molecule has 0 saturated carbocycles. The van der Waals surface area contributed by atoms with Crippen LogP contribution in [-0.2, 0) is 0 Å². The summed E-state index contributed by atoms with van der Waals surface area (Å²) in [4.78, 5) is 0. The van der Waals surface area contributed by atoms with Gasteiger partial charge in [0.25, 0.3) is 0 Å². The van der Waals surface area contributed by atoms with Crippen molar-refractivity contribution in [3.8, 4) is 0 Å². The predicted octanol–water partition coefficient (Wildman–Crippen LogP) is 0.996. The second-order valence-corrected chi connectivity index (χ2v) is 3.79. The van der Waals surface area contributed by atoms with Gasteiger partial charge in [-0.3, -0.25) is 0 Å². The Morgan fingerprint density at radius 2 is 2.33 bits per heavy atom. The number of rotatable bonds is 4. The van der Waals surface area contributed by atoms with E-state index in [0.717, 1.165) is 16.6 Å². The maximum atomic E-state index is 5.53. The van der Waals surface area contributed by atoms with Crippen molar-refractivity contribution in [1.82, 2.24) is 10.2 Å². The molecule has 3 N–H and O–H groups in total. The first-order valence-electron chi connectivity index (χ1n) is 4.03. The van der Waals surface area contributed by atoms with E-state index in [1.165, 1.54) is 0 Å². The van der Waals surface area contributed by atoms with Crippen LogP contribution in [0.25, 0.3) is 0 Å². The van der Waals surface area contributed by atoms with Crippen LogP contribution in [0, 0.1) is 6.92 Å². The summed E-state index contributed by atoms with van der Waals surface area (Å²) < 4.78 is 0. The van der Waals surface area contributed by atoms with E-state index < -0.39 is 0 Å². The number of hydrogen-bond donors (Lipinski definition) is 2. The summed E-state index contributed by atoms with van der Waals surface area (Å²) in [7, 11) is 0. The van der Waals surface area contributed by atoms with Gasteiger partial charge in [-0.05, 0) is 13.3 Å². The van der Waals surface area contributed by atoms with Crippen LogP contribution in [0.3, 0.4) is 0 Å². The second kappa shape index (κ2) is 4.37. The molecule has 0 aliphatic carbocycles. The average Bonchev–Trinajstić information content (AvgIpc) is 2.47. The Bertz CT molecular complexity index is 231. The number of hydrogen-bond acceptors (Lipinski definition) is 5. The smallest absolute Gasteiger partial charge is 0.205 e.